The second kappa shape index (κ2) is 7.53. The number of rotatable bonds is 6. The van der Waals surface area contributed by atoms with Crippen molar-refractivity contribution in [1.29, 1.82) is 5.26 Å². The van der Waals surface area contributed by atoms with Crippen LogP contribution in [0.3, 0.4) is 0 Å². The van der Waals surface area contributed by atoms with Crippen molar-refractivity contribution in [1.82, 2.24) is 5.32 Å². The molecule has 0 saturated heterocycles. The van der Waals surface area contributed by atoms with Gasteiger partial charge in [-0.15, -0.1) is 0 Å². The van der Waals surface area contributed by atoms with Gasteiger partial charge in [0.25, 0.3) is 11.6 Å². The first-order valence-corrected chi connectivity index (χ1v) is 5.98. The first kappa shape index (κ1) is 15.2. The minimum atomic E-state index is -0.501. The lowest BCUT2D eigenvalue weighted by molar-refractivity contribution is -0.384. The monoisotopic (exact) mass is 274 g/mol. The maximum absolute atomic E-state index is 11.6. The molecule has 1 rings (SSSR count). The van der Waals surface area contributed by atoms with E-state index in [1.54, 1.807) is 6.07 Å². The third-order valence-electron chi connectivity index (χ3n) is 2.36. The van der Waals surface area contributed by atoms with Crippen LogP contribution in [0, 0.1) is 21.4 Å². The van der Waals surface area contributed by atoms with Crippen LogP contribution in [0.25, 0.3) is 0 Å². The average Bonchev–Trinajstić information content (AvgIpc) is 2.46. The van der Waals surface area contributed by atoms with Gasteiger partial charge in [-0.3, -0.25) is 14.9 Å². The molecule has 7 heteroatoms. The van der Waals surface area contributed by atoms with E-state index in [1.807, 2.05) is 6.92 Å². The van der Waals surface area contributed by atoms with Gasteiger partial charge in [-0.1, -0.05) is 6.92 Å². The molecule has 0 aliphatic heterocycles. The van der Waals surface area contributed by atoms with Crippen molar-refractivity contribution in [2.75, 3.05) is 11.9 Å². The summed E-state index contributed by atoms with van der Waals surface area (Å²) < 4.78 is 0. The van der Waals surface area contributed by atoms with Gasteiger partial charge < -0.3 is 10.6 Å². The van der Waals surface area contributed by atoms with Crippen molar-refractivity contribution in [3.8, 4) is 6.07 Å². The Labute approximate surface area is 116 Å². The highest BCUT2D eigenvalue weighted by Crippen LogP contribution is 2.15. The minimum Gasteiger partial charge on any atom is -0.360 e. The number of carbonyl (C=O) groups excluding carboxylic acids is 1. The molecular weight excluding hydrogens is 260 g/mol. The number of nitrogens with one attached hydrogen (secondary N) is 2. The first-order chi connectivity index (χ1) is 9.58. The predicted octanol–water partition coefficient (Wildman–Crippen LogP) is 1.94. The van der Waals surface area contributed by atoms with E-state index in [-0.39, 0.29) is 11.3 Å². The molecule has 0 fully saturated rings. The maximum Gasteiger partial charge on any atom is 0.269 e. The van der Waals surface area contributed by atoms with E-state index >= 15 is 0 Å². The van der Waals surface area contributed by atoms with E-state index in [9.17, 15) is 14.9 Å². The fraction of sp³-hybridized carbons (Fsp3) is 0.231. The lowest BCUT2D eigenvalue weighted by Crippen LogP contribution is -2.25. The van der Waals surface area contributed by atoms with Gasteiger partial charge in [-0.05, 0) is 18.6 Å². The van der Waals surface area contributed by atoms with Crippen LogP contribution in [0.5, 0.6) is 0 Å². The van der Waals surface area contributed by atoms with Gasteiger partial charge in [0.1, 0.15) is 11.6 Å². The summed E-state index contributed by atoms with van der Waals surface area (Å²) in [5, 5.41) is 24.7. The number of amides is 1. The van der Waals surface area contributed by atoms with Crippen LogP contribution in [-0.4, -0.2) is 17.4 Å². The van der Waals surface area contributed by atoms with Crippen molar-refractivity contribution in [3.63, 3.8) is 0 Å². The van der Waals surface area contributed by atoms with E-state index in [0.717, 1.165) is 6.42 Å². The highest BCUT2D eigenvalue weighted by atomic mass is 16.6. The van der Waals surface area contributed by atoms with E-state index in [4.69, 9.17) is 5.26 Å². The Bertz CT molecular complexity index is 558. The van der Waals surface area contributed by atoms with Crippen LogP contribution in [0.4, 0.5) is 11.4 Å². The van der Waals surface area contributed by atoms with E-state index in [2.05, 4.69) is 10.6 Å². The van der Waals surface area contributed by atoms with E-state index < -0.39 is 10.8 Å². The SMILES string of the molecule is CCCNC(=O)/C(C#N)=C\Nc1ccc([N+](=O)[O-])cc1. The molecule has 0 bridgehead atoms. The zero-order valence-electron chi connectivity index (χ0n) is 10.9. The molecule has 0 aromatic heterocycles. The molecule has 1 aromatic carbocycles. The molecule has 7 nitrogen and oxygen atoms in total. The Morgan fingerprint density at radius 3 is 2.60 bits per heavy atom. The topological polar surface area (TPSA) is 108 Å². The molecule has 1 amide bonds. The van der Waals surface area contributed by atoms with Crippen molar-refractivity contribution in [2.45, 2.75) is 13.3 Å². The normalized spacial score (nSPS) is 10.5. The van der Waals surface area contributed by atoms with Crippen molar-refractivity contribution in [2.24, 2.45) is 0 Å². The Kier molecular flexibility index (Phi) is 5.72. The number of hydrogen-bond donors (Lipinski definition) is 2. The van der Waals surface area contributed by atoms with Crippen LogP contribution >= 0.6 is 0 Å². The summed E-state index contributed by atoms with van der Waals surface area (Å²) in [5.74, 6) is -0.455. The average molecular weight is 274 g/mol. The number of benzene rings is 1. The predicted molar refractivity (Wildman–Crippen MR) is 73.7 cm³/mol. The van der Waals surface area contributed by atoms with E-state index in [0.29, 0.717) is 12.2 Å². The number of non-ortho nitro benzene ring substituents is 1. The molecular formula is C13H14N4O3. The smallest absolute Gasteiger partial charge is 0.269 e. The van der Waals surface area contributed by atoms with Crippen LogP contribution < -0.4 is 10.6 Å². The maximum atomic E-state index is 11.6. The number of hydrogen-bond acceptors (Lipinski definition) is 5. The van der Waals surface area contributed by atoms with Crippen LogP contribution in [0.2, 0.25) is 0 Å². The van der Waals surface area contributed by atoms with Gasteiger partial charge in [-0.25, -0.2) is 0 Å². The van der Waals surface area contributed by atoms with E-state index in [1.165, 1.54) is 30.5 Å². The third-order valence-corrected chi connectivity index (χ3v) is 2.36. The van der Waals surface area contributed by atoms with Crippen molar-refractivity contribution >= 4 is 17.3 Å². The largest absolute Gasteiger partial charge is 0.360 e. The number of nitro groups is 1. The highest BCUT2D eigenvalue weighted by Gasteiger charge is 2.07. The number of nitro benzene ring substituents is 1. The van der Waals surface area contributed by atoms with Crippen LogP contribution in [-0.2, 0) is 4.79 Å². The van der Waals surface area contributed by atoms with Gasteiger partial charge in [0.05, 0.1) is 4.92 Å². The number of nitrogens with zero attached hydrogens (tertiary/aromatic N) is 2. The van der Waals surface area contributed by atoms with Gasteiger partial charge in [-0.2, -0.15) is 5.26 Å². The summed E-state index contributed by atoms with van der Waals surface area (Å²) in [4.78, 5) is 21.6. The fourth-order valence-electron chi connectivity index (χ4n) is 1.32. The summed E-state index contributed by atoms with van der Waals surface area (Å²) in [6.45, 7) is 2.40. The van der Waals surface area contributed by atoms with Crippen molar-refractivity contribution < 1.29 is 9.72 Å². The molecule has 0 atom stereocenters. The Hall–Kier alpha value is -2.88. The van der Waals surface area contributed by atoms with Gasteiger partial charge in [0.15, 0.2) is 0 Å². The second-order valence-electron chi connectivity index (χ2n) is 3.87. The standard InChI is InChI=1S/C13H14N4O3/c1-2-7-15-13(18)10(8-14)9-16-11-3-5-12(6-4-11)17(19)20/h3-6,9,16H,2,7H2,1H3,(H,15,18)/b10-9-. The Morgan fingerprint density at radius 1 is 1.45 bits per heavy atom. The number of nitriles is 1. The highest BCUT2D eigenvalue weighted by molar-refractivity contribution is 5.97. The zero-order valence-corrected chi connectivity index (χ0v) is 10.9. The van der Waals surface area contributed by atoms with Crippen LogP contribution in [0.1, 0.15) is 13.3 Å². The number of anilines is 1. The quantitative estimate of drug-likeness (QED) is 0.356. The Balaban J connectivity index is 2.71. The molecule has 20 heavy (non-hydrogen) atoms. The number of carbonyl (C=O) groups is 1. The van der Waals surface area contributed by atoms with Gasteiger partial charge in [0.2, 0.25) is 0 Å². The van der Waals surface area contributed by atoms with Gasteiger partial charge >= 0.3 is 0 Å². The van der Waals surface area contributed by atoms with Crippen molar-refractivity contribution in [3.05, 3.63) is 46.2 Å². The summed E-state index contributed by atoms with van der Waals surface area (Å²) in [6.07, 6.45) is 2.05. The van der Waals surface area contributed by atoms with Gasteiger partial charge in [0, 0.05) is 30.6 Å². The summed E-state index contributed by atoms with van der Waals surface area (Å²) in [5.41, 5.74) is 0.462. The lowest BCUT2D eigenvalue weighted by atomic mass is 10.2. The molecule has 2 N–H and O–H groups in total. The molecule has 0 aliphatic rings. The molecule has 104 valence electrons. The molecule has 0 saturated carbocycles. The molecule has 0 aliphatic carbocycles. The lowest BCUT2D eigenvalue weighted by Gasteiger charge is -2.03. The summed E-state index contributed by atoms with van der Waals surface area (Å²) in [6, 6.07) is 7.44. The molecule has 0 unspecified atom stereocenters. The molecule has 1 aromatic rings. The molecule has 0 heterocycles. The minimum absolute atomic E-state index is 0.0271. The summed E-state index contributed by atoms with van der Waals surface area (Å²) in [7, 11) is 0. The molecule has 0 radical (unpaired) electrons. The summed E-state index contributed by atoms with van der Waals surface area (Å²) >= 11 is 0. The zero-order chi connectivity index (χ0) is 15.0. The Morgan fingerprint density at radius 2 is 2.10 bits per heavy atom. The third kappa shape index (κ3) is 4.42. The van der Waals surface area contributed by atoms with Crippen LogP contribution in [0.15, 0.2) is 36.0 Å². The molecule has 0 spiro atoms. The fourth-order valence-corrected chi connectivity index (χ4v) is 1.32. The second-order valence-corrected chi connectivity index (χ2v) is 3.87. The first-order valence-electron chi connectivity index (χ1n) is 5.98.